The molecule has 9 heteroatoms. The molecule has 0 radical (unpaired) electrons. The van der Waals surface area contributed by atoms with Gasteiger partial charge in [-0.2, -0.15) is 15.0 Å². The van der Waals surface area contributed by atoms with Gasteiger partial charge in [0.15, 0.2) is 5.82 Å². The molecule has 20 rings (SSSR count). The summed E-state index contributed by atoms with van der Waals surface area (Å²) in [6, 6.07) is 107. The van der Waals surface area contributed by atoms with E-state index in [0.29, 0.717) is 17.7 Å². The molecule has 20 aromatic rings. The van der Waals surface area contributed by atoms with E-state index >= 15 is 0 Å². The maximum absolute atomic E-state index is 5.86. The van der Waals surface area contributed by atoms with Crippen molar-refractivity contribution < 1.29 is 0 Å². The zero-order valence-corrected chi connectivity index (χ0v) is 48.3. The van der Waals surface area contributed by atoms with Gasteiger partial charge in [0.05, 0.1) is 66.2 Å². The molecule has 7 aromatic heterocycles. The second kappa shape index (κ2) is 18.6. The molecule has 9 nitrogen and oxygen atoms in total. The average Bonchev–Trinajstić information content (AvgIpc) is 1.57. The van der Waals surface area contributed by atoms with Crippen LogP contribution in [0.15, 0.2) is 297 Å². The second-order valence-corrected chi connectivity index (χ2v) is 23.5. The molecule has 418 valence electrons. The highest BCUT2D eigenvalue weighted by Crippen LogP contribution is 2.46. The highest BCUT2D eigenvalue weighted by molar-refractivity contribution is 6.27. The monoisotopic (exact) mass is 1150 g/mol. The van der Waals surface area contributed by atoms with Crippen molar-refractivity contribution in [2.45, 2.75) is 0 Å². The third-order valence-electron chi connectivity index (χ3n) is 18.8. The van der Waals surface area contributed by atoms with Crippen LogP contribution in [0.3, 0.4) is 0 Å². The molecule has 0 saturated carbocycles. The van der Waals surface area contributed by atoms with Gasteiger partial charge in [-0.1, -0.05) is 200 Å². The van der Waals surface area contributed by atoms with Crippen LogP contribution in [0.25, 0.3) is 177 Å². The van der Waals surface area contributed by atoms with E-state index in [2.05, 4.69) is 325 Å². The number of fused-ring (bicyclic) bond motifs is 21. The Balaban J connectivity index is 0.901. The van der Waals surface area contributed by atoms with Crippen LogP contribution in [0.2, 0.25) is 0 Å². The molecule has 0 atom stereocenters. The van der Waals surface area contributed by atoms with Crippen LogP contribution in [0.5, 0.6) is 0 Å². The molecule has 0 amide bonds. The molecular formula is C81H49N9. The molecule has 0 unspecified atom stereocenters. The summed E-state index contributed by atoms with van der Waals surface area (Å²) in [4.78, 5) is 17.4. The Labute approximate surface area is 513 Å². The molecule has 0 saturated heterocycles. The van der Waals surface area contributed by atoms with Gasteiger partial charge in [0.1, 0.15) is 0 Å². The van der Waals surface area contributed by atoms with Crippen LogP contribution < -0.4 is 0 Å². The smallest absolute Gasteiger partial charge is 0.240 e. The third-order valence-corrected chi connectivity index (χ3v) is 18.8. The SMILES string of the molecule is c1ccc(-n2c3ccccc3c3ccc4c5ccccc5n(-c5ccc(-c6nc(-n7c8ccccc8c8ccc9c%10ccccc%10n(-c%10ccccc%10)c9c87)nc(-n7c8ccccc8c8ccc9c%10ccccc%10n(-c%10ccccc%10)c9c87)n6)cc5)c4c32)cc1. The summed E-state index contributed by atoms with van der Waals surface area (Å²) in [5.74, 6) is 1.55. The van der Waals surface area contributed by atoms with Gasteiger partial charge in [-0.3, -0.25) is 9.13 Å². The fourth-order valence-corrected chi connectivity index (χ4v) is 15.2. The zero-order chi connectivity index (χ0) is 58.7. The Morgan fingerprint density at radius 3 is 0.667 bits per heavy atom. The van der Waals surface area contributed by atoms with E-state index in [0.717, 1.165) is 127 Å². The van der Waals surface area contributed by atoms with Crippen LogP contribution in [0.4, 0.5) is 0 Å². The van der Waals surface area contributed by atoms with E-state index < -0.39 is 0 Å². The quantitative estimate of drug-likeness (QED) is 0.160. The predicted molar refractivity (Wildman–Crippen MR) is 371 cm³/mol. The van der Waals surface area contributed by atoms with E-state index in [-0.39, 0.29) is 0 Å². The summed E-state index contributed by atoms with van der Waals surface area (Å²) >= 11 is 0. The number of rotatable bonds is 7. The lowest BCUT2D eigenvalue weighted by Crippen LogP contribution is -2.11. The summed E-state index contributed by atoms with van der Waals surface area (Å²) in [7, 11) is 0. The normalized spacial score (nSPS) is 12.2. The van der Waals surface area contributed by atoms with Crippen molar-refractivity contribution in [2.24, 2.45) is 0 Å². The summed E-state index contributed by atoms with van der Waals surface area (Å²) in [5.41, 5.74) is 18.1. The van der Waals surface area contributed by atoms with Crippen molar-refractivity contribution >= 4 is 131 Å². The first-order valence-corrected chi connectivity index (χ1v) is 30.6. The Kier molecular flexibility index (Phi) is 10.1. The maximum atomic E-state index is 5.86. The first-order valence-electron chi connectivity index (χ1n) is 30.6. The standard InChI is InChI=1S/C81H49N9/c1-4-22-51(23-5-1)85-67-34-16-10-28-55(67)61-44-45-62-56-29-13-19-37-70(56)88(74(62)73(61)85)54-42-40-50(41-43-54)79-82-80(89-71-38-20-14-32-59(71)65-48-46-63-57-30-11-17-35-68(57)86(75(63)77(65)89)52-24-6-2-7-25-52)84-81(83-79)90-72-39-21-15-33-60(72)66-49-47-64-58-31-12-18-36-69(58)87(76(64)78(66)90)53-26-8-3-9-27-53/h1-49H. The number of hydrogen-bond donors (Lipinski definition) is 0. The van der Waals surface area contributed by atoms with Gasteiger partial charge in [0, 0.05) is 92.9 Å². The topological polar surface area (TPSA) is 68.2 Å². The van der Waals surface area contributed by atoms with Gasteiger partial charge in [-0.05, 0) is 97.1 Å². The van der Waals surface area contributed by atoms with Gasteiger partial charge in [-0.25, -0.2) is 0 Å². The van der Waals surface area contributed by atoms with Crippen LogP contribution in [0, 0.1) is 0 Å². The molecule has 0 fully saturated rings. The number of benzene rings is 13. The minimum Gasteiger partial charge on any atom is -0.307 e. The molecule has 0 aliphatic rings. The van der Waals surface area contributed by atoms with Gasteiger partial charge < -0.3 is 18.3 Å². The number of para-hydroxylation sites is 9. The number of hydrogen-bond acceptors (Lipinski definition) is 3. The first-order chi connectivity index (χ1) is 44.7. The Hall–Kier alpha value is -12.3. The third kappa shape index (κ3) is 6.71. The second-order valence-electron chi connectivity index (χ2n) is 23.5. The van der Waals surface area contributed by atoms with Crippen LogP contribution >= 0.6 is 0 Å². The van der Waals surface area contributed by atoms with Crippen molar-refractivity contribution in [2.75, 3.05) is 0 Å². The van der Waals surface area contributed by atoms with Gasteiger partial charge >= 0.3 is 0 Å². The first kappa shape index (κ1) is 48.9. The Morgan fingerprint density at radius 1 is 0.167 bits per heavy atom. The number of aromatic nitrogens is 9. The molecule has 7 heterocycles. The maximum Gasteiger partial charge on any atom is 0.240 e. The van der Waals surface area contributed by atoms with Crippen LogP contribution in [-0.4, -0.2) is 42.4 Å². The minimum absolute atomic E-state index is 0.503. The minimum atomic E-state index is 0.503. The highest BCUT2D eigenvalue weighted by atomic mass is 15.3. The van der Waals surface area contributed by atoms with Crippen molar-refractivity contribution in [3.63, 3.8) is 0 Å². The Bertz CT molecular complexity index is 6130. The highest BCUT2D eigenvalue weighted by Gasteiger charge is 2.28. The van der Waals surface area contributed by atoms with Gasteiger partial charge in [0.25, 0.3) is 0 Å². The van der Waals surface area contributed by atoms with E-state index in [1.165, 1.54) is 32.3 Å². The van der Waals surface area contributed by atoms with Crippen molar-refractivity contribution in [3.8, 4) is 46.0 Å². The zero-order valence-electron chi connectivity index (χ0n) is 48.3. The molecule has 0 spiro atoms. The Morgan fingerprint density at radius 2 is 0.389 bits per heavy atom. The lowest BCUT2D eigenvalue weighted by molar-refractivity contribution is 0.893. The van der Waals surface area contributed by atoms with Crippen LogP contribution in [0.1, 0.15) is 0 Å². The summed E-state index contributed by atoms with van der Waals surface area (Å²) in [6.45, 7) is 0. The van der Waals surface area contributed by atoms with Gasteiger partial charge in [-0.15, -0.1) is 0 Å². The summed E-state index contributed by atoms with van der Waals surface area (Å²) in [6.07, 6.45) is 0. The molecular weight excluding hydrogens is 1100 g/mol. The molecule has 90 heavy (non-hydrogen) atoms. The average molecular weight is 1150 g/mol. The molecule has 0 aliphatic carbocycles. The number of nitrogens with zero attached hydrogens (tertiary/aromatic N) is 9. The van der Waals surface area contributed by atoms with E-state index in [1.54, 1.807) is 0 Å². The molecule has 0 N–H and O–H groups in total. The fraction of sp³-hybridized carbons (Fsp3) is 0. The van der Waals surface area contributed by atoms with E-state index in [9.17, 15) is 0 Å². The van der Waals surface area contributed by atoms with Crippen molar-refractivity contribution in [1.82, 2.24) is 42.4 Å². The molecule has 0 bridgehead atoms. The van der Waals surface area contributed by atoms with E-state index in [4.69, 9.17) is 15.0 Å². The fourth-order valence-electron chi connectivity index (χ4n) is 15.2. The summed E-state index contributed by atoms with van der Waals surface area (Å²) in [5, 5.41) is 13.8. The lowest BCUT2D eigenvalue weighted by atomic mass is 10.1. The van der Waals surface area contributed by atoms with Crippen LogP contribution in [-0.2, 0) is 0 Å². The van der Waals surface area contributed by atoms with Crippen molar-refractivity contribution in [3.05, 3.63) is 297 Å². The predicted octanol–water partition coefficient (Wildman–Crippen LogP) is 20.1. The summed E-state index contributed by atoms with van der Waals surface area (Å²) < 4.78 is 14.3. The lowest BCUT2D eigenvalue weighted by Gasteiger charge is -2.15. The van der Waals surface area contributed by atoms with Gasteiger partial charge in [0.2, 0.25) is 11.9 Å². The molecule has 0 aliphatic heterocycles. The molecule has 13 aromatic carbocycles. The van der Waals surface area contributed by atoms with Crippen molar-refractivity contribution in [1.29, 1.82) is 0 Å². The largest absolute Gasteiger partial charge is 0.307 e. The van der Waals surface area contributed by atoms with E-state index in [1.807, 2.05) is 0 Å².